The monoisotopic (exact) mass is 275 g/mol. The molecule has 18 heavy (non-hydrogen) atoms. The maximum absolute atomic E-state index is 13.4. The van der Waals surface area contributed by atoms with Gasteiger partial charge >= 0.3 is 0 Å². The Morgan fingerprint density at radius 1 is 1.28 bits per heavy atom. The Balaban J connectivity index is 2.20. The van der Waals surface area contributed by atoms with Gasteiger partial charge in [-0.15, -0.1) is 0 Å². The fourth-order valence-electron chi connectivity index (χ4n) is 2.29. The topological polar surface area (TPSA) is 46.2 Å². The van der Waals surface area contributed by atoms with Gasteiger partial charge in [-0.05, 0) is 37.3 Å². The first-order valence-corrected chi connectivity index (χ1v) is 7.34. The van der Waals surface area contributed by atoms with E-state index in [1.807, 2.05) is 6.92 Å². The molecule has 1 N–H and O–H groups in total. The van der Waals surface area contributed by atoms with Crippen LogP contribution in [0.25, 0.3) is 0 Å². The van der Waals surface area contributed by atoms with E-state index >= 15 is 0 Å². The van der Waals surface area contributed by atoms with Crippen LogP contribution in [-0.4, -0.2) is 14.5 Å². The zero-order chi connectivity index (χ0) is 13.3. The van der Waals surface area contributed by atoms with Crippen LogP contribution < -0.4 is 4.72 Å². The molecular weight excluding hydrogens is 260 g/mol. The molecule has 0 bridgehead atoms. The molecule has 0 aliphatic heterocycles. The lowest BCUT2D eigenvalue weighted by Crippen LogP contribution is -2.33. The number of hydrogen-bond acceptors (Lipinski definition) is 2. The molecule has 0 heterocycles. The molecule has 1 saturated carbocycles. The van der Waals surface area contributed by atoms with Gasteiger partial charge in [0.1, 0.15) is 16.5 Å². The van der Waals surface area contributed by atoms with E-state index in [2.05, 4.69) is 4.72 Å². The minimum absolute atomic E-state index is 0.158. The molecule has 2 rings (SSSR count). The summed E-state index contributed by atoms with van der Waals surface area (Å²) in [5, 5.41) is 0. The largest absolute Gasteiger partial charge is 0.243 e. The second kappa shape index (κ2) is 4.93. The van der Waals surface area contributed by atoms with Crippen LogP contribution in [0.4, 0.5) is 8.78 Å². The maximum Gasteiger partial charge on any atom is 0.243 e. The van der Waals surface area contributed by atoms with Crippen molar-refractivity contribution < 1.29 is 17.2 Å². The summed E-state index contributed by atoms with van der Waals surface area (Å²) in [6.45, 7) is 2.05. The Morgan fingerprint density at radius 3 is 2.56 bits per heavy atom. The lowest BCUT2D eigenvalue weighted by molar-refractivity contribution is 0.523. The highest BCUT2D eigenvalue weighted by Gasteiger charge is 2.28. The highest BCUT2D eigenvalue weighted by Crippen LogP contribution is 2.26. The number of hydrogen-bond donors (Lipinski definition) is 1. The highest BCUT2D eigenvalue weighted by atomic mass is 32.2. The molecule has 0 aromatic heterocycles. The van der Waals surface area contributed by atoms with Gasteiger partial charge in [-0.3, -0.25) is 0 Å². The molecule has 2 atom stereocenters. The van der Waals surface area contributed by atoms with Gasteiger partial charge in [0.05, 0.1) is 0 Å². The SMILES string of the molecule is CC1CCC(NS(=O)(=O)c2ccc(F)cc2F)C1. The molecule has 3 nitrogen and oxygen atoms in total. The van der Waals surface area contributed by atoms with Crippen molar-refractivity contribution in [2.75, 3.05) is 0 Å². The number of nitrogens with one attached hydrogen (secondary N) is 1. The molecule has 1 aliphatic carbocycles. The first-order chi connectivity index (χ1) is 8.38. The van der Waals surface area contributed by atoms with Crippen molar-refractivity contribution in [2.45, 2.75) is 37.1 Å². The zero-order valence-corrected chi connectivity index (χ0v) is 10.8. The summed E-state index contributed by atoms with van der Waals surface area (Å²) in [5.41, 5.74) is 0. The van der Waals surface area contributed by atoms with Crippen molar-refractivity contribution in [3.8, 4) is 0 Å². The third kappa shape index (κ3) is 2.87. The van der Waals surface area contributed by atoms with Gasteiger partial charge in [0.2, 0.25) is 10.0 Å². The normalized spacial score (nSPS) is 24.4. The van der Waals surface area contributed by atoms with Crippen LogP contribution in [-0.2, 0) is 10.0 Å². The van der Waals surface area contributed by atoms with Crippen molar-refractivity contribution in [3.05, 3.63) is 29.8 Å². The number of benzene rings is 1. The second-order valence-electron chi connectivity index (χ2n) is 4.81. The van der Waals surface area contributed by atoms with Crippen LogP contribution in [0.1, 0.15) is 26.2 Å². The van der Waals surface area contributed by atoms with E-state index < -0.39 is 26.6 Å². The molecule has 2 unspecified atom stereocenters. The summed E-state index contributed by atoms with van der Waals surface area (Å²) in [4.78, 5) is -0.497. The fourth-order valence-corrected chi connectivity index (χ4v) is 3.63. The third-order valence-corrected chi connectivity index (χ3v) is 4.75. The van der Waals surface area contributed by atoms with Gasteiger partial charge in [-0.2, -0.15) is 0 Å². The standard InChI is InChI=1S/C12H15F2NO2S/c1-8-2-4-10(6-8)15-18(16,17)12-5-3-9(13)7-11(12)14/h3,5,7-8,10,15H,2,4,6H2,1H3. The van der Waals surface area contributed by atoms with E-state index in [0.717, 1.165) is 31.4 Å². The first kappa shape index (κ1) is 13.4. The van der Waals surface area contributed by atoms with Crippen molar-refractivity contribution in [2.24, 2.45) is 5.92 Å². The van der Waals surface area contributed by atoms with Gasteiger partial charge in [0.25, 0.3) is 0 Å². The highest BCUT2D eigenvalue weighted by molar-refractivity contribution is 7.89. The molecule has 1 aromatic rings. The van der Waals surface area contributed by atoms with E-state index in [9.17, 15) is 17.2 Å². The quantitative estimate of drug-likeness (QED) is 0.921. The summed E-state index contributed by atoms with van der Waals surface area (Å²) in [7, 11) is -3.91. The van der Waals surface area contributed by atoms with Gasteiger partial charge in [0, 0.05) is 12.1 Å². The van der Waals surface area contributed by atoms with Crippen LogP contribution >= 0.6 is 0 Å². The van der Waals surface area contributed by atoms with E-state index in [-0.39, 0.29) is 6.04 Å². The van der Waals surface area contributed by atoms with Crippen LogP contribution in [0.3, 0.4) is 0 Å². The Morgan fingerprint density at radius 2 is 2.00 bits per heavy atom. The predicted octanol–water partition coefficient (Wildman–Crippen LogP) is 2.43. The van der Waals surface area contributed by atoms with Crippen LogP contribution in [0.2, 0.25) is 0 Å². The number of sulfonamides is 1. The molecule has 1 aromatic carbocycles. The predicted molar refractivity (Wildman–Crippen MR) is 63.5 cm³/mol. The summed E-state index contributed by atoms with van der Waals surface area (Å²) < 4.78 is 52.6. The van der Waals surface area contributed by atoms with Gasteiger partial charge in [0.15, 0.2) is 0 Å². The summed E-state index contributed by atoms with van der Waals surface area (Å²) in [6.07, 6.45) is 2.46. The molecule has 0 radical (unpaired) electrons. The Labute approximate surface area is 105 Å². The maximum atomic E-state index is 13.4. The molecule has 0 amide bonds. The molecular formula is C12H15F2NO2S. The van der Waals surface area contributed by atoms with Gasteiger partial charge in [-0.25, -0.2) is 21.9 Å². The van der Waals surface area contributed by atoms with Gasteiger partial charge in [-0.1, -0.05) is 6.92 Å². The van der Waals surface area contributed by atoms with Gasteiger partial charge < -0.3 is 0 Å². The van der Waals surface area contributed by atoms with Crippen molar-refractivity contribution in [1.82, 2.24) is 4.72 Å². The smallest absolute Gasteiger partial charge is 0.208 e. The Kier molecular flexibility index (Phi) is 3.68. The van der Waals surface area contributed by atoms with Crippen LogP contribution in [0, 0.1) is 17.6 Å². The van der Waals surface area contributed by atoms with E-state index in [1.165, 1.54) is 0 Å². The van der Waals surface area contributed by atoms with Crippen molar-refractivity contribution in [3.63, 3.8) is 0 Å². The summed E-state index contributed by atoms with van der Waals surface area (Å²) >= 11 is 0. The minimum Gasteiger partial charge on any atom is -0.208 e. The lowest BCUT2D eigenvalue weighted by atomic mass is 10.1. The second-order valence-corrected chi connectivity index (χ2v) is 6.49. The first-order valence-electron chi connectivity index (χ1n) is 5.86. The molecule has 100 valence electrons. The average molecular weight is 275 g/mol. The average Bonchev–Trinajstić information content (AvgIpc) is 2.62. The van der Waals surface area contributed by atoms with E-state index in [1.54, 1.807) is 0 Å². The summed E-state index contributed by atoms with van der Waals surface area (Å²) in [5.74, 6) is -1.38. The molecule has 0 saturated heterocycles. The van der Waals surface area contributed by atoms with E-state index in [4.69, 9.17) is 0 Å². The van der Waals surface area contributed by atoms with Crippen LogP contribution in [0.15, 0.2) is 23.1 Å². The van der Waals surface area contributed by atoms with E-state index in [0.29, 0.717) is 12.0 Å². The Hall–Kier alpha value is -1.01. The van der Waals surface area contributed by atoms with Crippen molar-refractivity contribution in [1.29, 1.82) is 0 Å². The molecule has 1 aliphatic rings. The molecule has 6 heteroatoms. The Bertz CT molecular complexity index is 545. The number of halogens is 2. The zero-order valence-electron chi connectivity index (χ0n) is 9.99. The fraction of sp³-hybridized carbons (Fsp3) is 0.500. The number of rotatable bonds is 3. The lowest BCUT2D eigenvalue weighted by Gasteiger charge is -2.13. The minimum atomic E-state index is -3.91. The molecule has 1 fully saturated rings. The third-order valence-electron chi connectivity index (χ3n) is 3.20. The summed E-state index contributed by atoms with van der Waals surface area (Å²) in [6, 6.07) is 2.31. The van der Waals surface area contributed by atoms with Crippen molar-refractivity contribution >= 4 is 10.0 Å². The van der Waals surface area contributed by atoms with Crippen LogP contribution in [0.5, 0.6) is 0 Å². The molecule has 0 spiro atoms.